The van der Waals surface area contributed by atoms with E-state index in [0.717, 1.165) is 11.4 Å². The number of hydrogen-bond acceptors (Lipinski definition) is 3. The van der Waals surface area contributed by atoms with Crippen molar-refractivity contribution >= 4 is 23.2 Å². The molecular formula is C18H19ClFN5O. The number of aryl methyl sites for hydroxylation is 2. The van der Waals surface area contributed by atoms with E-state index in [1.807, 2.05) is 13.8 Å². The van der Waals surface area contributed by atoms with Gasteiger partial charge in [-0.2, -0.15) is 10.2 Å². The predicted octanol–water partition coefficient (Wildman–Crippen LogP) is 3.57. The molecule has 0 bridgehead atoms. The summed E-state index contributed by atoms with van der Waals surface area (Å²) < 4.78 is 17.0. The summed E-state index contributed by atoms with van der Waals surface area (Å²) in [6, 6.07) is 6.53. The third-order valence-electron chi connectivity index (χ3n) is 4.05. The molecule has 1 aromatic carbocycles. The zero-order valence-electron chi connectivity index (χ0n) is 14.5. The minimum absolute atomic E-state index is 0.154. The molecule has 136 valence electrons. The fraction of sp³-hybridized carbons (Fsp3) is 0.278. The molecule has 0 aliphatic rings. The summed E-state index contributed by atoms with van der Waals surface area (Å²) in [5.74, 6) is -0.434. The first-order valence-electron chi connectivity index (χ1n) is 8.19. The maximum atomic E-state index is 13.7. The molecule has 0 saturated heterocycles. The highest BCUT2D eigenvalue weighted by molar-refractivity contribution is 6.31. The van der Waals surface area contributed by atoms with Crippen molar-refractivity contribution in [2.75, 3.05) is 5.32 Å². The van der Waals surface area contributed by atoms with E-state index in [9.17, 15) is 9.18 Å². The molecule has 0 saturated carbocycles. The Kier molecular flexibility index (Phi) is 5.37. The molecule has 0 aliphatic carbocycles. The summed E-state index contributed by atoms with van der Waals surface area (Å²) >= 11 is 6.10. The fourth-order valence-electron chi connectivity index (χ4n) is 2.64. The van der Waals surface area contributed by atoms with Gasteiger partial charge in [0, 0.05) is 18.2 Å². The molecule has 0 spiro atoms. The van der Waals surface area contributed by atoms with Crippen LogP contribution in [0.3, 0.4) is 0 Å². The molecule has 26 heavy (non-hydrogen) atoms. The summed E-state index contributed by atoms with van der Waals surface area (Å²) in [5, 5.41) is 11.9. The number of carbonyl (C=O) groups excluding carboxylic acids is 1. The molecule has 1 N–H and O–H groups in total. The average Bonchev–Trinajstić information content (AvgIpc) is 3.15. The first-order valence-corrected chi connectivity index (χ1v) is 8.57. The van der Waals surface area contributed by atoms with Crippen LogP contribution in [0.1, 0.15) is 23.4 Å². The third-order valence-corrected chi connectivity index (χ3v) is 4.60. The number of benzene rings is 1. The van der Waals surface area contributed by atoms with Crippen LogP contribution in [0, 0.1) is 19.7 Å². The van der Waals surface area contributed by atoms with E-state index in [4.69, 9.17) is 11.6 Å². The first kappa shape index (κ1) is 18.1. The van der Waals surface area contributed by atoms with Gasteiger partial charge in [0.05, 0.1) is 41.4 Å². The molecule has 1 amide bonds. The Bertz CT molecular complexity index is 934. The van der Waals surface area contributed by atoms with Crippen molar-refractivity contribution in [1.82, 2.24) is 19.6 Å². The summed E-state index contributed by atoms with van der Waals surface area (Å²) in [5.41, 5.74) is 2.70. The van der Waals surface area contributed by atoms with Crippen LogP contribution in [-0.2, 0) is 17.9 Å². The van der Waals surface area contributed by atoms with Crippen LogP contribution < -0.4 is 5.32 Å². The lowest BCUT2D eigenvalue weighted by Gasteiger charge is -2.05. The van der Waals surface area contributed by atoms with Crippen molar-refractivity contribution in [3.05, 3.63) is 64.5 Å². The Morgan fingerprint density at radius 1 is 1.31 bits per heavy atom. The standard InChI is InChI=1S/C18H19ClFN5O/c1-12-18(19)13(2)25(23-12)8-7-17(26)22-15-9-21-24(11-15)10-14-5-3-4-6-16(14)20/h3-6,9,11H,7-8,10H2,1-2H3,(H,22,26). The minimum atomic E-state index is -0.280. The van der Waals surface area contributed by atoms with Crippen LogP contribution in [0.15, 0.2) is 36.7 Å². The molecule has 3 rings (SSSR count). The second-order valence-corrected chi connectivity index (χ2v) is 6.40. The van der Waals surface area contributed by atoms with Gasteiger partial charge in [0.15, 0.2) is 0 Å². The van der Waals surface area contributed by atoms with Gasteiger partial charge in [0.2, 0.25) is 5.91 Å². The molecule has 6 nitrogen and oxygen atoms in total. The highest BCUT2D eigenvalue weighted by atomic mass is 35.5. The second kappa shape index (κ2) is 7.70. The molecule has 2 heterocycles. The van der Waals surface area contributed by atoms with Crippen molar-refractivity contribution in [3.8, 4) is 0 Å². The summed E-state index contributed by atoms with van der Waals surface area (Å²) in [4.78, 5) is 12.1. The van der Waals surface area contributed by atoms with E-state index >= 15 is 0 Å². The molecule has 8 heteroatoms. The lowest BCUT2D eigenvalue weighted by molar-refractivity contribution is -0.116. The van der Waals surface area contributed by atoms with Crippen LogP contribution in [0.4, 0.5) is 10.1 Å². The Morgan fingerprint density at radius 3 is 2.77 bits per heavy atom. The first-order chi connectivity index (χ1) is 12.4. The zero-order valence-corrected chi connectivity index (χ0v) is 15.3. The summed E-state index contributed by atoms with van der Waals surface area (Å²) in [6.45, 7) is 4.43. The normalized spacial score (nSPS) is 10.9. The Balaban J connectivity index is 1.56. The topological polar surface area (TPSA) is 64.7 Å². The maximum Gasteiger partial charge on any atom is 0.226 e. The molecule has 0 unspecified atom stereocenters. The number of carbonyl (C=O) groups is 1. The second-order valence-electron chi connectivity index (χ2n) is 6.02. The van der Waals surface area contributed by atoms with Gasteiger partial charge in [-0.3, -0.25) is 14.2 Å². The smallest absolute Gasteiger partial charge is 0.226 e. The third kappa shape index (κ3) is 4.11. The SMILES string of the molecule is Cc1nn(CCC(=O)Nc2cnn(Cc3ccccc3F)c2)c(C)c1Cl. The summed E-state index contributed by atoms with van der Waals surface area (Å²) in [7, 11) is 0. The van der Waals surface area contributed by atoms with E-state index in [-0.39, 0.29) is 18.1 Å². The molecule has 2 aromatic heterocycles. The van der Waals surface area contributed by atoms with E-state index in [0.29, 0.717) is 29.4 Å². The highest BCUT2D eigenvalue weighted by Crippen LogP contribution is 2.19. The maximum absolute atomic E-state index is 13.7. The minimum Gasteiger partial charge on any atom is -0.323 e. The molecule has 0 fully saturated rings. The van der Waals surface area contributed by atoms with Crippen molar-refractivity contribution in [2.24, 2.45) is 0 Å². The van der Waals surface area contributed by atoms with Gasteiger partial charge in [-0.15, -0.1) is 0 Å². The molecule has 0 atom stereocenters. The van der Waals surface area contributed by atoms with Crippen molar-refractivity contribution in [1.29, 1.82) is 0 Å². The van der Waals surface area contributed by atoms with Crippen molar-refractivity contribution in [2.45, 2.75) is 33.4 Å². The Hall–Kier alpha value is -2.67. The molecular weight excluding hydrogens is 357 g/mol. The van der Waals surface area contributed by atoms with Crippen molar-refractivity contribution in [3.63, 3.8) is 0 Å². The van der Waals surface area contributed by atoms with Gasteiger partial charge in [-0.05, 0) is 19.9 Å². The number of nitrogens with zero attached hydrogens (tertiary/aromatic N) is 4. The van der Waals surface area contributed by atoms with Crippen LogP contribution in [0.2, 0.25) is 5.02 Å². The van der Waals surface area contributed by atoms with Gasteiger partial charge < -0.3 is 5.32 Å². The monoisotopic (exact) mass is 375 g/mol. The van der Waals surface area contributed by atoms with Gasteiger partial charge in [0.1, 0.15) is 5.82 Å². The number of rotatable bonds is 6. The average molecular weight is 376 g/mol. The number of hydrogen-bond donors (Lipinski definition) is 1. The number of amides is 1. The molecule has 0 aliphatic heterocycles. The molecule has 3 aromatic rings. The lowest BCUT2D eigenvalue weighted by Crippen LogP contribution is -2.15. The summed E-state index contributed by atoms with van der Waals surface area (Å²) in [6.07, 6.45) is 3.47. The number of nitrogens with one attached hydrogen (secondary N) is 1. The number of halogens is 2. The van der Waals surface area contributed by atoms with E-state index < -0.39 is 0 Å². The lowest BCUT2D eigenvalue weighted by atomic mass is 10.2. The van der Waals surface area contributed by atoms with E-state index in [1.165, 1.54) is 6.07 Å². The quantitative estimate of drug-likeness (QED) is 0.716. The van der Waals surface area contributed by atoms with Crippen molar-refractivity contribution < 1.29 is 9.18 Å². The van der Waals surface area contributed by atoms with Gasteiger partial charge in [0.25, 0.3) is 0 Å². The van der Waals surface area contributed by atoms with Gasteiger partial charge >= 0.3 is 0 Å². The highest BCUT2D eigenvalue weighted by Gasteiger charge is 2.11. The Morgan fingerprint density at radius 2 is 2.08 bits per heavy atom. The number of anilines is 1. The van der Waals surface area contributed by atoms with Crippen LogP contribution in [0.25, 0.3) is 0 Å². The number of aromatic nitrogens is 4. The van der Waals surface area contributed by atoms with E-state index in [1.54, 1.807) is 40.0 Å². The van der Waals surface area contributed by atoms with Gasteiger partial charge in [-0.1, -0.05) is 29.8 Å². The zero-order chi connectivity index (χ0) is 18.7. The van der Waals surface area contributed by atoms with Gasteiger partial charge in [-0.25, -0.2) is 4.39 Å². The fourth-order valence-corrected chi connectivity index (χ4v) is 2.77. The Labute approximate surface area is 155 Å². The van der Waals surface area contributed by atoms with Crippen LogP contribution in [0.5, 0.6) is 0 Å². The predicted molar refractivity (Wildman–Crippen MR) is 97.7 cm³/mol. The van der Waals surface area contributed by atoms with Crippen LogP contribution >= 0.6 is 11.6 Å². The van der Waals surface area contributed by atoms with Crippen LogP contribution in [-0.4, -0.2) is 25.5 Å². The largest absolute Gasteiger partial charge is 0.323 e. The molecule has 0 radical (unpaired) electrons. The van der Waals surface area contributed by atoms with E-state index in [2.05, 4.69) is 15.5 Å².